The Bertz CT molecular complexity index is 866. The van der Waals surface area contributed by atoms with Gasteiger partial charge >= 0.3 is 0 Å². The molecule has 3 aromatic rings. The van der Waals surface area contributed by atoms with Crippen LogP contribution in [-0.2, 0) is 0 Å². The Kier molecular flexibility index (Phi) is 4.15. The van der Waals surface area contributed by atoms with E-state index in [9.17, 15) is 9.50 Å². The zero-order valence-electron chi connectivity index (χ0n) is 13.5. The predicted molar refractivity (Wildman–Crippen MR) is 90.4 cm³/mol. The van der Waals surface area contributed by atoms with Crippen molar-refractivity contribution < 1.29 is 14.0 Å². The second kappa shape index (κ2) is 6.60. The topological polar surface area (TPSA) is 75.3 Å². The first kappa shape index (κ1) is 15.7. The number of hydrogen-bond acceptors (Lipinski definition) is 6. The van der Waals surface area contributed by atoms with Crippen LogP contribution in [0.25, 0.3) is 22.8 Å². The van der Waals surface area contributed by atoms with Crippen LogP contribution in [-0.4, -0.2) is 39.4 Å². The number of aromatic nitrogens is 3. The zero-order chi connectivity index (χ0) is 17.2. The lowest BCUT2D eigenvalue weighted by Gasteiger charge is -2.23. The van der Waals surface area contributed by atoms with Crippen LogP contribution in [0.1, 0.15) is 12.8 Å². The number of hydrogen-bond donors (Lipinski definition) is 1. The number of aliphatic hydroxyl groups is 1. The van der Waals surface area contributed by atoms with E-state index in [1.54, 1.807) is 24.4 Å². The molecule has 0 aliphatic carbocycles. The van der Waals surface area contributed by atoms with E-state index >= 15 is 0 Å². The Labute approximate surface area is 143 Å². The molecule has 3 heterocycles. The van der Waals surface area contributed by atoms with Gasteiger partial charge in [-0.2, -0.15) is 4.98 Å². The normalized spacial score (nSPS) is 17.2. The van der Waals surface area contributed by atoms with Crippen LogP contribution >= 0.6 is 0 Å². The molecule has 1 saturated heterocycles. The number of halogens is 1. The Morgan fingerprint density at radius 2 is 2.12 bits per heavy atom. The molecule has 1 N–H and O–H groups in total. The molecule has 2 aromatic heterocycles. The van der Waals surface area contributed by atoms with Crippen molar-refractivity contribution in [2.24, 2.45) is 0 Å². The number of benzene rings is 1. The average molecular weight is 340 g/mol. The van der Waals surface area contributed by atoms with Gasteiger partial charge in [-0.3, -0.25) is 0 Å². The number of nitrogens with zero attached hydrogens (tertiary/aromatic N) is 4. The Morgan fingerprint density at radius 3 is 2.88 bits per heavy atom. The van der Waals surface area contributed by atoms with Gasteiger partial charge < -0.3 is 14.5 Å². The first-order valence-corrected chi connectivity index (χ1v) is 8.19. The number of anilines is 1. The van der Waals surface area contributed by atoms with Crippen LogP contribution in [0, 0.1) is 5.82 Å². The summed E-state index contributed by atoms with van der Waals surface area (Å²) in [6, 6.07) is 10.1. The molecule has 1 atom stereocenters. The molecule has 1 unspecified atom stereocenters. The second-order valence-corrected chi connectivity index (χ2v) is 5.98. The van der Waals surface area contributed by atoms with Crippen LogP contribution in [0.2, 0.25) is 0 Å². The summed E-state index contributed by atoms with van der Waals surface area (Å²) in [7, 11) is 0. The highest BCUT2D eigenvalue weighted by molar-refractivity contribution is 5.60. The maximum Gasteiger partial charge on any atom is 0.259 e. The van der Waals surface area contributed by atoms with Gasteiger partial charge in [0.05, 0.1) is 23.8 Å². The van der Waals surface area contributed by atoms with Crippen LogP contribution < -0.4 is 4.90 Å². The molecule has 0 amide bonds. The first-order valence-electron chi connectivity index (χ1n) is 8.19. The summed E-state index contributed by atoms with van der Waals surface area (Å²) < 4.78 is 19.1. The van der Waals surface area contributed by atoms with Crippen molar-refractivity contribution in [2.45, 2.75) is 18.9 Å². The SMILES string of the molecule is OCC1CCCN1c1ccc(-c2nc(-c3ccccc3F)no2)cn1. The highest BCUT2D eigenvalue weighted by Crippen LogP contribution is 2.27. The minimum Gasteiger partial charge on any atom is -0.394 e. The fraction of sp³-hybridized carbons (Fsp3) is 0.278. The van der Waals surface area contributed by atoms with E-state index in [0.29, 0.717) is 11.1 Å². The molecule has 0 radical (unpaired) electrons. The maximum atomic E-state index is 13.8. The second-order valence-electron chi connectivity index (χ2n) is 5.98. The smallest absolute Gasteiger partial charge is 0.259 e. The van der Waals surface area contributed by atoms with Gasteiger partial charge in [0, 0.05) is 12.7 Å². The summed E-state index contributed by atoms with van der Waals surface area (Å²) in [6.45, 7) is 1.01. The molecule has 7 heteroatoms. The third-order valence-corrected chi connectivity index (χ3v) is 4.42. The van der Waals surface area contributed by atoms with Crippen molar-refractivity contribution in [3.8, 4) is 22.8 Å². The molecule has 1 aliphatic rings. The predicted octanol–water partition coefficient (Wildman–Crippen LogP) is 2.90. The van der Waals surface area contributed by atoms with Crippen molar-refractivity contribution >= 4 is 5.82 Å². The molecular formula is C18H17FN4O2. The van der Waals surface area contributed by atoms with Crippen molar-refractivity contribution in [1.29, 1.82) is 0 Å². The van der Waals surface area contributed by atoms with E-state index in [1.165, 1.54) is 6.07 Å². The average Bonchev–Trinajstić information content (AvgIpc) is 3.32. The van der Waals surface area contributed by atoms with E-state index < -0.39 is 5.82 Å². The van der Waals surface area contributed by atoms with Gasteiger partial charge in [-0.05, 0) is 37.1 Å². The van der Waals surface area contributed by atoms with Crippen LogP contribution in [0.15, 0.2) is 47.1 Å². The lowest BCUT2D eigenvalue weighted by Crippen LogP contribution is -2.32. The van der Waals surface area contributed by atoms with Gasteiger partial charge in [0.15, 0.2) is 0 Å². The van der Waals surface area contributed by atoms with Crippen molar-refractivity contribution in [2.75, 3.05) is 18.1 Å². The molecule has 0 bridgehead atoms. The van der Waals surface area contributed by atoms with E-state index in [-0.39, 0.29) is 24.4 Å². The summed E-state index contributed by atoms with van der Waals surface area (Å²) >= 11 is 0. The molecule has 0 saturated carbocycles. The fourth-order valence-corrected chi connectivity index (χ4v) is 3.10. The molecule has 1 fully saturated rings. The summed E-state index contributed by atoms with van der Waals surface area (Å²) in [5, 5.41) is 13.3. The van der Waals surface area contributed by atoms with Gasteiger partial charge in [-0.1, -0.05) is 17.3 Å². The molecule has 1 aromatic carbocycles. The summed E-state index contributed by atoms with van der Waals surface area (Å²) in [6.07, 6.45) is 3.67. The standard InChI is InChI=1S/C18H17FN4O2/c19-15-6-2-1-5-14(15)17-21-18(25-22-17)12-7-8-16(20-10-12)23-9-3-4-13(23)11-24/h1-2,5-8,10,13,24H,3-4,9,11H2. The highest BCUT2D eigenvalue weighted by atomic mass is 19.1. The Morgan fingerprint density at radius 1 is 1.24 bits per heavy atom. The molecule has 0 spiro atoms. The molecular weight excluding hydrogens is 323 g/mol. The zero-order valence-corrected chi connectivity index (χ0v) is 13.5. The van der Waals surface area contributed by atoms with Crippen LogP contribution in [0.3, 0.4) is 0 Å². The number of rotatable bonds is 4. The van der Waals surface area contributed by atoms with E-state index in [0.717, 1.165) is 25.2 Å². The molecule has 4 rings (SSSR count). The van der Waals surface area contributed by atoms with Crippen LogP contribution in [0.4, 0.5) is 10.2 Å². The largest absolute Gasteiger partial charge is 0.394 e. The summed E-state index contributed by atoms with van der Waals surface area (Å²) in [4.78, 5) is 10.8. The lowest BCUT2D eigenvalue weighted by molar-refractivity contribution is 0.266. The first-order chi connectivity index (χ1) is 12.3. The third-order valence-electron chi connectivity index (χ3n) is 4.42. The quantitative estimate of drug-likeness (QED) is 0.787. The lowest BCUT2D eigenvalue weighted by atomic mass is 10.2. The van der Waals surface area contributed by atoms with Gasteiger partial charge in [-0.15, -0.1) is 0 Å². The van der Waals surface area contributed by atoms with Crippen molar-refractivity contribution in [3.63, 3.8) is 0 Å². The van der Waals surface area contributed by atoms with Crippen molar-refractivity contribution in [3.05, 3.63) is 48.4 Å². The molecule has 1 aliphatic heterocycles. The van der Waals surface area contributed by atoms with Crippen LogP contribution in [0.5, 0.6) is 0 Å². The highest BCUT2D eigenvalue weighted by Gasteiger charge is 2.25. The third kappa shape index (κ3) is 2.98. The molecule has 128 valence electrons. The summed E-state index contributed by atoms with van der Waals surface area (Å²) in [5.74, 6) is 0.913. The Balaban J connectivity index is 1.58. The van der Waals surface area contributed by atoms with E-state index in [2.05, 4.69) is 20.0 Å². The number of pyridine rings is 1. The maximum absolute atomic E-state index is 13.8. The van der Waals surface area contributed by atoms with Gasteiger partial charge in [-0.25, -0.2) is 9.37 Å². The number of aliphatic hydroxyl groups excluding tert-OH is 1. The minimum absolute atomic E-state index is 0.120. The molecule has 6 nitrogen and oxygen atoms in total. The Hall–Kier alpha value is -2.80. The molecule has 25 heavy (non-hydrogen) atoms. The van der Waals surface area contributed by atoms with E-state index in [1.807, 2.05) is 12.1 Å². The van der Waals surface area contributed by atoms with Gasteiger partial charge in [0.1, 0.15) is 11.6 Å². The van der Waals surface area contributed by atoms with Crippen molar-refractivity contribution in [1.82, 2.24) is 15.1 Å². The fourth-order valence-electron chi connectivity index (χ4n) is 3.10. The van der Waals surface area contributed by atoms with E-state index in [4.69, 9.17) is 4.52 Å². The van der Waals surface area contributed by atoms with Gasteiger partial charge in [0.25, 0.3) is 5.89 Å². The minimum atomic E-state index is -0.396. The van der Waals surface area contributed by atoms with Gasteiger partial charge in [0.2, 0.25) is 5.82 Å². The monoisotopic (exact) mass is 340 g/mol. The summed E-state index contributed by atoms with van der Waals surface area (Å²) in [5.41, 5.74) is 0.962.